The Kier molecular flexibility index (Phi) is 4.80. The van der Waals surface area contributed by atoms with E-state index in [9.17, 15) is 0 Å². The van der Waals surface area contributed by atoms with Gasteiger partial charge in [-0.2, -0.15) is 0 Å². The van der Waals surface area contributed by atoms with E-state index in [4.69, 9.17) is 0 Å². The molecule has 4 rings (SSSR count). The minimum absolute atomic E-state index is 0.824. The molecule has 0 unspecified atom stereocenters. The number of aryl methyl sites for hydroxylation is 1. The number of para-hydroxylation sites is 1. The van der Waals surface area contributed by atoms with Gasteiger partial charge in [-0.3, -0.25) is 9.55 Å². The van der Waals surface area contributed by atoms with Gasteiger partial charge < -0.3 is 0 Å². The number of aromatic nitrogens is 4. The summed E-state index contributed by atoms with van der Waals surface area (Å²) in [6, 6.07) is 22.7. The molecule has 0 N–H and O–H groups in total. The molecule has 2 heterocycles. The molecule has 0 saturated heterocycles. The third kappa shape index (κ3) is 3.53. The van der Waals surface area contributed by atoms with Crippen molar-refractivity contribution < 1.29 is 0 Å². The van der Waals surface area contributed by atoms with E-state index in [1.165, 1.54) is 11.1 Å². The van der Waals surface area contributed by atoms with Crippen molar-refractivity contribution in [2.45, 2.75) is 17.8 Å². The second-order valence-electron chi connectivity index (χ2n) is 5.99. The van der Waals surface area contributed by atoms with Crippen molar-refractivity contribution in [1.29, 1.82) is 0 Å². The minimum Gasteiger partial charge on any atom is -0.270 e. The lowest BCUT2D eigenvalue weighted by molar-refractivity contribution is 0.886. The lowest BCUT2D eigenvalue weighted by Gasteiger charge is -2.10. The molecule has 0 amide bonds. The Morgan fingerprint density at radius 2 is 1.58 bits per heavy atom. The number of rotatable bonds is 5. The largest absolute Gasteiger partial charge is 0.270 e. The first-order valence-corrected chi connectivity index (χ1v) is 9.39. The van der Waals surface area contributed by atoms with Gasteiger partial charge >= 0.3 is 0 Å². The van der Waals surface area contributed by atoms with E-state index >= 15 is 0 Å². The number of hydrogen-bond acceptors (Lipinski definition) is 4. The molecular formula is C21H18N4S. The summed E-state index contributed by atoms with van der Waals surface area (Å²) < 4.78 is 2.11. The highest BCUT2D eigenvalue weighted by molar-refractivity contribution is 7.98. The fourth-order valence-corrected chi connectivity index (χ4v) is 3.60. The van der Waals surface area contributed by atoms with E-state index in [2.05, 4.69) is 63.1 Å². The molecule has 5 heteroatoms. The van der Waals surface area contributed by atoms with Crippen LogP contribution in [0.2, 0.25) is 0 Å². The van der Waals surface area contributed by atoms with Crippen LogP contribution >= 0.6 is 11.8 Å². The average Bonchev–Trinajstić information content (AvgIpc) is 3.13. The first-order valence-electron chi connectivity index (χ1n) is 8.41. The number of hydrogen-bond donors (Lipinski definition) is 0. The average molecular weight is 358 g/mol. The molecule has 26 heavy (non-hydrogen) atoms. The van der Waals surface area contributed by atoms with E-state index in [0.717, 1.165) is 28.0 Å². The van der Waals surface area contributed by atoms with E-state index in [1.54, 1.807) is 24.2 Å². The molecule has 0 aliphatic rings. The molecular weight excluding hydrogens is 340 g/mol. The van der Waals surface area contributed by atoms with Crippen molar-refractivity contribution in [3.8, 4) is 17.1 Å². The fourth-order valence-electron chi connectivity index (χ4n) is 2.69. The van der Waals surface area contributed by atoms with Crippen LogP contribution in [0, 0.1) is 6.92 Å². The van der Waals surface area contributed by atoms with Crippen molar-refractivity contribution in [3.63, 3.8) is 0 Å². The predicted octanol–water partition coefficient (Wildman–Crippen LogP) is 4.93. The quantitative estimate of drug-likeness (QED) is 0.475. The first-order chi connectivity index (χ1) is 12.8. The summed E-state index contributed by atoms with van der Waals surface area (Å²) in [6.07, 6.45) is 3.55. The summed E-state index contributed by atoms with van der Waals surface area (Å²) in [6.45, 7) is 2.10. The summed E-state index contributed by atoms with van der Waals surface area (Å²) in [5.74, 6) is 1.67. The van der Waals surface area contributed by atoms with Gasteiger partial charge in [-0.1, -0.05) is 59.8 Å². The van der Waals surface area contributed by atoms with Gasteiger partial charge in [-0.25, -0.2) is 0 Å². The lowest BCUT2D eigenvalue weighted by atomic mass is 10.2. The zero-order valence-electron chi connectivity index (χ0n) is 14.4. The molecule has 0 bridgehead atoms. The zero-order chi connectivity index (χ0) is 17.8. The molecule has 0 fully saturated rings. The Labute approximate surface area is 157 Å². The topological polar surface area (TPSA) is 43.6 Å². The highest BCUT2D eigenvalue weighted by Gasteiger charge is 2.16. The van der Waals surface area contributed by atoms with Crippen LogP contribution in [0.15, 0.2) is 84.3 Å². The maximum atomic E-state index is 4.46. The van der Waals surface area contributed by atoms with Gasteiger partial charge in [0.25, 0.3) is 0 Å². The first kappa shape index (κ1) is 16.5. The molecule has 0 radical (unpaired) electrons. The Hall–Kier alpha value is -2.92. The van der Waals surface area contributed by atoms with Crippen LogP contribution in [-0.2, 0) is 5.75 Å². The van der Waals surface area contributed by atoms with Crippen LogP contribution in [0.4, 0.5) is 0 Å². The van der Waals surface area contributed by atoms with Crippen LogP contribution in [0.3, 0.4) is 0 Å². The van der Waals surface area contributed by atoms with Gasteiger partial charge in [0.05, 0.1) is 0 Å². The van der Waals surface area contributed by atoms with Crippen LogP contribution in [0.5, 0.6) is 0 Å². The third-order valence-corrected chi connectivity index (χ3v) is 5.07. The molecule has 4 nitrogen and oxygen atoms in total. The number of thioether (sulfide) groups is 1. The minimum atomic E-state index is 0.824. The number of benzene rings is 2. The highest BCUT2D eigenvalue weighted by atomic mass is 32.2. The maximum absolute atomic E-state index is 4.46. The van der Waals surface area contributed by atoms with E-state index < -0.39 is 0 Å². The maximum Gasteiger partial charge on any atom is 0.196 e. The van der Waals surface area contributed by atoms with Gasteiger partial charge in [-0.15, -0.1) is 10.2 Å². The molecule has 0 spiro atoms. The normalized spacial score (nSPS) is 10.8. The summed E-state index contributed by atoms with van der Waals surface area (Å²) in [4.78, 5) is 4.10. The second kappa shape index (κ2) is 7.54. The van der Waals surface area contributed by atoms with E-state index in [-0.39, 0.29) is 0 Å². The second-order valence-corrected chi connectivity index (χ2v) is 6.93. The molecule has 128 valence electrons. The molecule has 4 aromatic rings. The monoisotopic (exact) mass is 358 g/mol. The Bertz CT molecular complexity index is 980. The molecule has 2 aromatic heterocycles. The summed E-state index contributed by atoms with van der Waals surface area (Å²) in [5.41, 5.74) is 4.59. The van der Waals surface area contributed by atoms with Gasteiger partial charge in [0.15, 0.2) is 11.0 Å². The summed E-state index contributed by atoms with van der Waals surface area (Å²) in [5, 5.41) is 9.79. The van der Waals surface area contributed by atoms with Crippen molar-refractivity contribution in [2.24, 2.45) is 0 Å². The SMILES string of the molecule is Cc1ccc(CSc2nnc(-c3ccncc3)n2-c2ccccc2)cc1. The molecule has 0 aliphatic carbocycles. The van der Waals surface area contributed by atoms with Crippen molar-refractivity contribution in [2.75, 3.05) is 0 Å². The molecule has 0 atom stereocenters. The van der Waals surface area contributed by atoms with Crippen LogP contribution in [0.25, 0.3) is 17.1 Å². The number of pyridine rings is 1. The Morgan fingerprint density at radius 3 is 2.31 bits per heavy atom. The third-order valence-electron chi connectivity index (χ3n) is 4.07. The molecule has 0 saturated carbocycles. The number of nitrogens with zero attached hydrogens (tertiary/aromatic N) is 4. The Balaban J connectivity index is 1.70. The lowest BCUT2D eigenvalue weighted by Crippen LogP contribution is -1.99. The van der Waals surface area contributed by atoms with Crippen LogP contribution in [-0.4, -0.2) is 19.7 Å². The van der Waals surface area contributed by atoms with E-state index in [1.807, 2.05) is 30.3 Å². The Morgan fingerprint density at radius 1 is 0.846 bits per heavy atom. The van der Waals surface area contributed by atoms with Crippen LogP contribution in [0.1, 0.15) is 11.1 Å². The molecule has 2 aromatic carbocycles. The van der Waals surface area contributed by atoms with Crippen molar-refractivity contribution in [1.82, 2.24) is 19.7 Å². The van der Waals surface area contributed by atoms with Crippen molar-refractivity contribution >= 4 is 11.8 Å². The smallest absolute Gasteiger partial charge is 0.196 e. The highest BCUT2D eigenvalue weighted by Crippen LogP contribution is 2.29. The summed E-state index contributed by atoms with van der Waals surface area (Å²) >= 11 is 1.69. The fraction of sp³-hybridized carbons (Fsp3) is 0.0952. The van der Waals surface area contributed by atoms with E-state index in [0.29, 0.717) is 0 Å². The van der Waals surface area contributed by atoms with Gasteiger partial charge in [0.2, 0.25) is 0 Å². The predicted molar refractivity (Wildman–Crippen MR) is 105 cm³/mol. The standard InChI is InChI=1S/C21H18N4S/c1-16-7-9-17(10-8-16)15-26-21-24-23-20(18-11-13-22-14-12-18)25(21)19-5-3-2-4-6-19/h2-14H,15H2,1H3. The van der Waals surface area contributed by atoms with Gasteiger partial charge in [-0.05, 0) is 36.8 Å². The molecule has 0 aliphatic heterocycles. The van der Waals surface area contributed by atoms with Gasteiger partial charge in [0.1, 0.15) is 0 Å². The zero-order valence-corrected chi connectivity index (χ0v) is 15.2. The summed E-state index contributed by atoms with van der Waals surface area (Å²) in [7, 11) is 0. The van der Waals surface area contributed by atoms with Crippen LogP contribution < -0.4 is 0 Å². The van der Waals surface area contributed by atoms with Crippen molar-refractivity contribution in [3.05, 3.63) is 90.3 Å². The van der Waals surface area contributed by atoms with Gasteiger partial charge in [0, 0.05) is 29.4 Å².